The number of carbonyl (C=O) groups is 1. The summed E-state index contributed by atoms with van der Waals surface area (Å²) < 4.78 is 28.0. The molecule has 0 spiro atoms. The summed E-state index contributed by atoms with van der Waals surface area (Å²) in [5.74, 6) is -2.80. The number of aliphatic hydroxyl groups is 4. The Morgan fingerprint density at radius 1 is 1.10 bits per heavy atom. The molecule has 2 saturated heterocycles. The molecule has 2 aromatic rings. The van der Waals surface area contributed by atoms with Gasteiger partial charge in [-0.1, -0.05) is 6.08 Å². The number of hydrogen-bond donors (Lipinski definition) is 6. The Morgan fingerprint density at radius 3 is 2.54 bits per heavy atom. The zero-order valence-electron chi connectivity index (χ0n) is 20.7. The first-order valence-corrected chi connectivity index (χ1v) is 12.2. The monoisotopic (exact) mass is 548 g/mol. The number of phenolic OH excluding ortho intramolecular Hbond substituents is 2. The minimum atomic E-state index is -1.68. The Morgan fingerprint density at radius 2 is 1.85 bits per heavy atom. The molecule has 3 aliphatic heterocycles. The van der Waals surface area contributed by atoms with Gasteiger partial charge in [-0.15, -0.1) is 6.58 Å². The van der Waals surface area contributed by atoms with Crippen LogP contribution >= 0.6 is 0 Å². The normalized spacial score (nSPS) is 34.5. The molecule has 1 aromatic heterocycles. The van der Waals surface area contributed by atoms with Crippen LogP contribution in [0.25, 0.3) is 11.0 Å². The van der Waals surface area contributed by atoms with E-state index >= 15 is 0 Å². The van der Waals surface area contributed by atoms with Gasteiger partial charge in [-0.05, 0) is 13.3 Å². The van der Waals surface area contributed by atoms with E-state index in [0.29, 0.717) is 0 Å². The highest BCUT2D eigenvalue weighted by atomic mass is 16.8. The van der Waals surface area contributed by atoms with E-state index in [1.807, 2.05) is 0 Å². The highest BCUT2D eigenvalue weighted by Crippen LogP contribution is 2.45. The molecule has 13 heteroatoms. The van der Waals surface area contributed by atoms with Crippen molar-refractivity contribution in [3.8, 4) is 11.5 Å². The highest BCUT2D eigenvalue weighted by molar-refractivity contribution is 5.90. The number of aryl methyl sites for hydroxylation is 1. The van der Waals surface area contributed by atoms with Crippen LogP contribution in [0.4, 0.5) is 0 Å². The Bertz CT molecular complexity index is 1380. The van der Waals surface area contributed by atoms with Crippen molar-refractivity contribution in [2.45, 2.75) is 56.4 Å². The molecule has 9 atom stereocenters. The van der Waals surface area contributed by atoms with Crippen molar-refractivity contribution in [1.29, 1.82) is 0 Å². The lowest BCUT2D eigenvalue weighted by Crippen LogP contribution is -2.60. The number of aliphatic hydroxyl groups excluding tert-OH is 4. The van der Waals surface area contributed by atoms with Crippen molar-refractivity contribution in [3.05, 3.63) is 58.2 Å². The van der Waals surface area contributed by atoms with Crippen molar-refractivity contribution in [2.24, 2.45) is 11.8 Å². The van der Waals surface area contributed by atoms with Gasteiger partial charge >= 0.3 is 5.97 Å². The smallest absolute Gasteiger partial charge is 0.338 e. The van der Waals surface area contributed by atoms with Crippen LogP contribution in [0.1, 0.15) is 23.8 Å². The first kappa shape index (κ1) is 27.1. The third-order valence-electron chi connectivity index (χ3n) is 7.35. The number of hydrogen-bond acceptors (Lipinski definition) is 13. The molecule has 1 aromatic carbocycles. The number of benzene rings is 1. The summed E-state index contributed by atoms with van der Waals surface area (Å²) in [6.07, 6.45) is -7.20. The van der Waals surface area contributed by atoms with Gasteiger partial charge in [0.2, 0.25) is 11.7 Å². The largest absolute Gasteiger partial charge is 0.508 e. The lowest BCUT2D eigenvalue weighted by Gasteiger charge is -2.44. The second-order valence-corrected chi connectivity index (χ2v) is 9.70. The van der Waals surface area contributed by atoms with Crippen LogP contribution in [0.2, 0.25) is 0 Å². The van der Waals surface area contributed by atoms with Crippen LogP contribution in [0, 0.1) is 18.8 Å². The highest BCUT2D eigenvalue weighted by Gasteiger charge is 2.49. The van der Waals surface area contributed by atoms with Crippen LogP contribution in [-0.4, -0.2) is 80.2 Å². The maximum Gasteiger partial charge on any atom is 0.338 e. The zero-order valence-corrected chi connectivity index (χ0v) is 20.7. The lowest BCUT2D eigenvalue weighted by molar-refractivity contribution is -0.339. The molecule has 0 saturated carbocycles. The number of aromatic hydroxyl groups is 2. The van der Waals surface area contributed by atoms with E-state index in [2.05, 4.69) is 6.58 Å². The number of fused-ring (bicyclic) bond motifs is 2. The van der Waals surface area contributed by atoms with Gasteiger partial charge in [-0.2, -0.15) is 0 Å². The Hall–Kier alpha value is -3.46. The van der Waals surface area contributed by atoms with Crippen LogP contribution in [0.3, 0.4) is 0 Å². The number of cyclic esters (lactones) is 1. The predicted octanol–water partition coefficient (Wildman–Crippen LogP) is -0.0243. The first-order valence-electron chi connectivity index (χ1n) is 12.2. The third-order valence-corrected chi connectivity index (χ3v) is 7.35. The minimum absolute atomic E-state index is 0.0107. The van der Waals surface area contributed by atoms with Gasteiger partial charge in [0.25, 0.3) is 0 Å². The van der Waals surface area contributed by atoms with Gasteiger partial charge in [0, 0.05) is 24.0 Å². The molecule has 0 amide bonds. The van der Waals surface area contributed by atoms with Gasteiger partial charge in [-0.25, -0.2) is 4.79 Å². The molecular weight excluding hydrogens is 520 g/mol. The zero-order chi connectivity index (χ0) is 28.2. The number of phenols is 2. The standard InChI is InChI=1S/C26H28O13/c1-3-11-12-6-16(18-9(2)36-15-5-10(28)4-14(29)19(15)21(18)31)37-24(34)13(12)8-35-25(11)39-26-23(33)22(32)20(30)17(7-27)38-26/h3-5,8,11-12,16-17,20,22-23,25-30,32-33H,1,6-7H2,2H3/t11-,12+,16-,17-,20-,22+,23-,25+,26+/m1/s1. The molecular formula is C26H28O13. The quantitative estimate of drug-likeness (QED) is 0.215. The van der Waals surface area contributed by atoms with Gasteiger partial charge in [0.05, 0.1) is 24.0 Å². The van der Waals surface area contributed by atoms with E-state index < -0.39 is 78.7 Å². The summed E-state index contributed by atoms with van der Waals surface area (Å²) in [4.78, 5) is 26.4. The first-order chi connectivity index (χ1) is 18.5. The molecule has 0 bridgehead atoms. The maximum atomic E-state index is 13.4. The number of ether oxygens (including phenoxy) is 4. The average Bonchev–Trinajstić information content (AvgIpc) is 2.88. The molecule has 210 valence electrons. The number of rotatable bonds is 5. The lowest BCUT2D eigenvalue weighted by atomic mass is 9.77. The molecule has 2 fully saturated rings. The van der Waals surface area contributed by atoms with Gasteiger partial charge in [0.1, 0.15) is 58.7 Å². The number of esters is 1. The van der Waals surface area contributed by atoms with E-state index in [9.17, 15) is 40.2 Å². The van der Waals surface area contributed by atoms with Gasteiger partial charge < -0.3 is 54.0 Å². The topological polar surface area (TPSA) is 206 Å². The van der Waals surface area contributed by atoms with Crippen molar-refractivity contribution < 1.29 is 58.8 Å². The molecule has 6 N–H and O–H groups in total. The maximum absolute atomic E-state index is 13.4. The van der Waals surface area contributed by atoms with E-state index in [-0.39, 0.29) is 40.0 Å². The number of carbonyl (C=O) groups excluding carboxylic acids is 1. The van der Waals surface area contributed by atoms with E-state index in [1.165, 1.54) is 19.1 Å². The SMILES string of the molecule is C=C[C@H]1[C@H](O[C@@H]2O[C@H](CO)[C@@H](O)[C@H](O)[C@H]2O)OC=C2C(=O)O[C@@H](c3c(C)oc4cc(O)cc(O)c4c3=O)C[C@H]21. The van der Waals surface area contributed by atoms with E-state index in [1.54, 1.807) is 0 Å². The van der Waals surface area contributed by atoms with Gasteiger partial charge in [0.15, 0.2) is 6.29 Å². The van der Waals surface area contributed by atoms with Crippen molar-refractivity contribution in [2.75, 3.05) is 6.61 Å². The second kappa shape index (κ2) is 10.3. The molecule has 0 radical (unpaired) electrons. The van der Waals surface area contributed by atoms with Crippen LogP contribution in [0.15, 0.2) is 45.8 Å². The molecule has 39 heavy (non-hydrogen) atoms. The fourth-order valence-electron chi connectivity index (χ4n) is 5.34. The molecule has 0 unspecified atom stereocenters. The molecule has 5 rings (SSSR count). The van der Waals surface area contributed by atoms with Crippen LogP contribution in [0.5, 0.6) is 11.5 Å². The Labute approximate surface area is 220 Å². The fraction of sp³-hybridized carbons (Fsp3) is 0.462. The van der Waals surface area contributed by atoms with Crippen LogP contribution in [-0.2, 0) is 23.7 Å². The predicted molar refractivity (Wildman–Crippen MR) is 129 cm³/mol. The van der Waals surface area contributed by atoms with Crippen molar-refractivity contribution >= 4 is 16.9 Å². The summed E-state index contributed by atoms with van der Waals surface area (Å²) >= 11 is 0. The Kier molecular flexibility index (Phi) is 7.13. The van der Waals surface area contributed by atoms with Crippen LogP contribution < -0.4 is 5.43 Å². The third kappa shape index (κ3) is 4.56. The van der Waals surface area contributed by atoms with Crippen molar-refractivity contribution in [3.63, 3.8) is 0 Å². The second-order valence-electron chi connectivity index (χ2n) is 9.70. The summed E-state index contributed by atoms with van der Waals surface area (Å²) in [5, 5.41) is 59.8. The van der Waals surface area contributed by atoms with Crippen molar-refractivity contribution in [1.82, 2.24) is 0 Å². The van der Waals surface area contributed by atoms with E-state index in [4.69, 9.17) is 23.4 Å². The summed E-state index contributed by atoms with van der Waals surface area (Å²) in [7, 11) is 0. The van der Waals surface area contributed by atoms with E-state index in [0.717, 1.165) is 12.3 Å². The minimum Gasteiger partial charge on any atom is -0.508 e. The average molecular weight is 548 g/mol. The molecule has 0 aliphatic carbocycles. The Balaban J connectivity index is 1.45. The molecule has 13 nitrogen and oxygen atoms in total. The summed E-state index contributed by atoms with van der Waals surface area (Å²) in [5.41, 5.74) is -0.505. The van der Waals surface area contributed by atoms with Gasteiger partial charge in [-0.3, -0.25) is 4.79 Å². The molecule has 4 heterocycles. The summed E-state index contributed by atoms with van der Waals surface area (Å²) in [6, 6.07) is 2.19. The molecule has 3 aliphatic rings. The fourth-order valence-corrected chi connectivity index (χ4v) is 5.34. The summed E-state index contributed by atoms with van der Waals surface area (Å²) in [6.45, 7) is 4.65.